The van der Waals surface area contributed by atoms with Crippen LogP contribution in [0.2, 0.25) is 0 Å². The Morgan fingerprint density at radius 2 is 1.92 bits per heavy atom. The van der Waals surface area contributed by atoms with Crippen molar-refractivity contribution in [1.82, 2.24) is 5.32 Å². The molecule has 0 spiro atoms. The third kappa shape index (κ3) is 3.90. The highest BCUT2D eigenvalue weighted by molar-refractivity contribution is 5.94. The van der Waals surface area contributed by atoms with E-state index in [1.165, 1.54) is 24.3 Å². The molecule has 1 amide bonds. The lowest BCUT2D eigenvalue weighted by Crippen LogP contribution is -2.28. The Bertz CT molecular complexity index is 741. The van der Waals surface area contributed by atoms with Crippen molar-refractivity contribution in [1.29, 1.82) is 0 Å². The van der Waals surface area contributed by atoms with E-state index in [4.69, 9.17) is 4.74 Å². The van der Waals surface area contributed by atoms with Crippen molar-refractivity contribution in [2.24, 2.45) is 0 Å². The molecule has 2 rings (SSSR count). The van der Waals surface area contributed by atoms with Gasteiger partial charge in [-0.25, -0.2) is 0 Å². The van der Waals surface area contributed by atoms with E-state index < -0.39 is 4.92 Å². The number of benzene rings is 2. The van der Waals surface area contributed by atoms with E-state index in [1.807, 2.05) is 32.0 Å². The van der Waals surface area contributed by atoms with Gasteiger partial charge in [-0.05, 0) is 42.7 Å². The number of ether oxygens (including phenoxy) is 1. The fourth-order valence-electron chi connectivity index (χ4n) is 2.52. The predicted octanol–water partition coefficient (Wildman–Crippen LogP) is 3.79. The minimum Gasteiger partial charge on any atom is -0.496 e. The van der Waals surface area contributed by atoms with Gasteiger partial charge in [0, 0.05) is 17.7 Å². The molecule has 0 aliphatic heterocycles. The molecule has 0 saturated carbocycles. The van der Waals surface area contributed by atoms with Gasteiger partial charge in [0.2, 0.25) is 0 Å². The normalized spacial score (nSPS) is 11.6. The summed E-state index contributed by atoms with van der Waals surface area (Å²) in [7, 11) is 1.62. The van der Waals surface area contributed by atoms with Crippen LogP contribution in [0.15, 0.2) is 42.5 Å². The fourth-order valence-corrected chi connectivity index (χ4v) is 2.52. The van der Waals surface area contributed by atoms with Crippen LogP contribution >= 0.6 is 0 Å². The molecule has 0 aliphatic carbocycles. The summed E-state index contributed by atoms with van der Waals surface area (Å²) in [5.41, 5.74) is 2.35. The highest BCUT2D eigenvalue weighted by Gasteiger charge is 2.16. The Hall–Kier alpha value is -2.89. The van der Waals surface area contributed by atoms with E-state index in [-0.39, 0.29) is 17.6 Å². The zero-order chi connectivity index (χ0) is 17.7. The third-order valence-electron chi connectivity index (χ3n) is 3.88. The number of rotatable bonds is 6. The third-order valence-corrected chi connectivity index (χ3v) is 3.88. The second kappa shape index (κ2) is 7.59. The van der Waals surface area contributed by atoms with Crippen molar-refractivity contribution in [3.05, 3.63) is 69.3 Å². The van der Waals surface area contributed by atoms with Crippen molar-refractivity contribution in [3.63, 3.8) is 0 Å². The summed E-state index contributed by atoms with van der Waals surface area (Å²) in [5, 5.41) is 13.6. The van der Waals surface area contributed by atoms with Crippen LogP contribution in [-0.4, -0.2) is 17.9 Å². The molecular weight excluding hydrogens is 308 g/mol. The van der Waals surface area contributed by atoms with Crippen molar-refractivity contribution in [3.8, 4) is 5.75 Å². The van der Waals surface area contributed by atoms with Crippen LogP contribution in [0, 0.1) is 17.0 Å². The molecule has 0 aromatic heterocycles. The topological polar surface area (TPSA) is 81.5 Å². The van der Waals surface area contributed by atoms with Crippen molar-refractivity contribution < 1.29 is 14.5 Å². The Kier molecular flexibility index (Phi) is 5.52. The standard InChI is InChI=1S/C18H20N2O4/c1-4-16(14-7-10-17(24-3)12(2)11-14)19-18(21)13-5-8-15(9-6-13)20(22)23/h5-11,16H,4H2,1-3H3,(H,19,21)/t16-/m1/s1. The van der Waals surface area contributed by atoms with Gasteiger partial charge in [0.05, 0.1) is 18.1 Å². The van der Waals surface area contributed by atoms with E-state index >= 15 is 0 Å². The van der Waals surface area contributed by atoms with Crippen LogP contribution in [0.5, 0.6) is 5.75 Å². The smallest absolute Gasteiger partial charge is 0.269 e. The highest BCUT2D eigenvalue weighted by Crippen LogP contribution is 2.24. The van der Waals surface area contributed by atoms with Gasteiger partial charge >= 0.3 is 0 Å². The van der Waals surface area contributed by atoms with Gasteiger partial charge < -0.3 is 10.1 Å². The molecule has 24 heavy (non-hydrogen) atoms. The second-order valence-electron chi connectivity index (χ2n) is 5.47. The van der Waals surface area contributed by atoms with Gasteiger partial charge in [0.1, 0.15) is 5.75 Å². The second-order valence-corrected chi connectivity index (χ2v) is 5.47. The van der Waals surface area contributed by atoms with Crippen LogP contribution in [-0.2, 0) is 0 Å². The van der Waals surface area contributed by atoms with Crippen molar-refractivity contribution in [2.75, 3.05) is 7.11 Å². The molecule has 2 aromatic rings. The molecule has 0 saturated heterocycles. The first-order valence-corrected chi connectivity index (χ1v) is 7.66. The SMILES string of the molecule is CC[C@@H](NC(=O)c1ccc([N+](=O)[O-])cc1)c1ccc(OC)c(C)c1. The van der Waals surface area contributed by atoms with E-state index in [2.05, 4.69) is 5.32 Å². The largest absolute Gasteiger partial charge is 0.496 e. The van der Waals surface area contributed by atoms with Crippen LogP contribution in [0.1, 0.15) is 40.9 Å². The van der Waals surface area contributed by atoms with Crippen molar-refractivity contribution >= 4 is 11.6 Å². The number of nitrogens with zero attached hydrogens (tertiary/aromatic N) is 1. The molecule has 6 heteroatoms. The lowest BCUT2D eigenvalue weighted by atomic mass is 10.0. The minimum absolute atomic E-state index is 0.0376. The number of carbonyl (C=O) groups excluding carboxylic acids is 1. The summed E-state index contributed by atoms with van der Waals surface area (Å²) in [5.74, 6) is 0.542. The number of carbonyl (C=O) groups is 1. The number of hydrogen-bond acceptors (Lipinski definition) is 4. The minimum atomic E-state index is -0.489. The maximum absolute atomic E-state index is 12.4. The van der Waals surface area contributed by atoms with Crippen LogP contribution in [0.4, 0.5) is 5.69 Å². The number of hydrogen-bond donors (Lipinski definition) is 1. The number of amides is 1. The number of nitrogens with one attached hydrogen (secondary N) is 1. The molecule has 0 bridgehead atoms. The van der Waals surface area contributed by atoms with Gasteiger partial charge in [0.25, 0.3) is 11.6 Å². The van der Waals surface area contributed by atoms with Gasteiger partial charge in [-0.2, -0.15) is 0 Å². The van der Waals surface area contributed by atoms with Crippen LogP contribution in [0.25, 0.3) is 0 Å². The van der Waals surface area contributed by atoms with Crippen LogP contribution < -0.4 is 10.1 Å². The summed E-state index contributed by atoms with van der Waals surface area (Å²) in [6.45, 7) is 3.94. The van der Waals surface area contributed by atoms with Gasteiger partial charge in [-0.3, -0.25) is 14.9 Å². The zero-order valence-electron chi connectivity index (χ0n) is 13.9. The Morgan fingerprint density at radius 3 is 2.42 bits per heavy atom. The molecule has 0 aliphatic rings. The molecule has 126 valence electrons. The number of nitro groups is 1. The van der Waals surface area contributed by atoms with E-state index in [0.29, 0.717) is 5.56 Å². The van der Waals surface area contributed by atoms with Crippen molar-refractivity contribution in [2.45, 2.75) is 26.3 Å². The predicted molar refractivity (Wildman–Crippen MR) is 91.3 cm³/mol. The summed E-state index contributed by atoms with van der Waals surface area (Å²) < 4.78 is 5.25. The first-order valence-electron chi connectivity index (χ1n) is 7.66. The van der Waals surface area contributed by atoms with E-state index in [0.717, 1.165) is 23.3 Å². The molecule has 0 unspecified atom stereocenters. The van der Waals surface area contributed by atoms with E-state index in [1.54, 1.807) is 7.11 Å². The Balaban J connectivity index is 2.15. The number of aryl methyl sites for hydroxylation is 1. The summed E-state index contributed by atoms with van der Waals surface area (Å²) in [6.07, 6.45) is 0.727. The summed E-state index contributed by atoms with van der Waals surface area (Å²) in [6, 6.07) is 11.2. The van der Waals surface area contributed by atoms with E-state index in [9.17, 15) is 14.9 Å². The molecule has 0 heterocycles. The van der Waals surface area contributed by atoms with Crippen LogP contribution in [0.3, 0.4) is 0 Å². The molecule has 1 N–H and O–H groups in total. The molecule has 2 aromatic carbocycles. The summed E-state index contributed by atoms with van der Waals surface area (Å²) in [4.78, 5) is 22.6. The average Bonchev–Trinajstić information content (AvgIpc) is 2.59. The zero-order valence-corrected chi connectivity index (χ0v) is 13.9. The van der Waals surface area contributed by atoms with Gasteiger partial charge in [0.15, 0.2) is 0 Å². The number of non-ortho nitro benzene ring substituents is 1. The number of nitro benzene ring substituents is 1. The molecule has 0 radical (unpaired) electrons. The highest BCUT2D eigenvalue weighted by atomic mass is 16.6. The molecule has 1 atom stereocenters. The average molecular weight is 328 g/mol. The molecular formula is C18H20N2O4. The Labute approximate surface area is 140 Å². The van der Waals surface area contributed by atoms with Gasteiger partial charge in [-0.15, -0.1) is 0 Å². The quantitative estimate of drug-likeness (QED) is 0.646. The Morgan fingerprint density at radius 1 is 1.25 bits per heavy atom. The molecule has 6 nitrogen and oxygen atoms in total. The first-order chi connectivity index (χ1) is 11.5. The maximum atomic E-state index is 12.4. The number of methoxy groups -OCH3 is 1. The summed E-state index contributed by atoms with van der Waals surface area (Å²) >= 11 is 0. The van der Waals surface area contributed by atoms with Gasteiger partial charge in [-0.1, -0.05) is 19.1 Å². The lowest BCUT2D eigenvalue weighted by Gasteiger charge is -2.19. The first kappa shape index (κ1) is 17.5. The fraction of sp³-hybridized carbons (Fsp3) is 0.278. The molecule has 0 fully saturated rings. The maximum Gasteiger partial charge on any atom is 0.269 e. The monoisotopic (exact) mass is 328 g/mol. The lowest BCUT2D eigenvalue weighted by molar-refractivity contribution is -0.384.